The second kappa shape index (κ2) is 11.0. The minimum absolute atomic E-state index is 0.0562. The highest BCUT2D eigenvalue weighted by atomic mass is 32.1. The average molecular weight is 721 g/mol. The van der Waals surface area contributed by atoms with Crippen molar-refractivity contribution in [3.8, 4) is 22.3 Å². The summed E-state index contributed by atoms with van der Waals surface area (Å²) in [6.45, 7) is 6.98. The summed E-state index contributed by atoms with van der Waals surface area (Å²) >= 11 is 2.05. The summed E-state index contributed by atoms with van der Waals surface area (Å²) in [5.41, 5.74) is 20.7. The Labute approximate surface area is 327 Å². The van der Waals surface area contributed by atoms with Gasteiger partial charge in [-0.1, -0.05) is 148 Å². The number of hydrogen-bond acceptors (Lipinski definition) is 3. The van der Waals surface area contributed by atoms with Gasteiger partial charge < -0.3 is 9.80 Å². The molecule has 12 rings (SSSR count). The van der Waals surface area contributed by atoms with Crippen LogP contribution in [0, 0.1) is 0 Å². The lowest BCUT2D eigenvalue weighted by Crippen LogP contribution is -2.60. The van der Waals surface area contributed by atoms with Crippen molar-refractivity contribution in [2.75, 3.05) is 9.80 Å². The minimum Gasteiger partial charge on any atom is -0.311 e. The molecule has 0 atom stereocenters. The zero-order valence-corrected chi connectivity index (χ0v) is 31.9. The molecule has 2 nitrogen and oxygen atoms in total. The van der Waals surface area contributed by atoms with Crippen molar-refractivity contribution in [1.82, 2.24) is 0 Å². The third-order valence-corrected chi connectivity index (χ3v) is 14.0. The number of hydrogen-bond donors (Lipinski definition) is 0. The van der Waals surface area contributed by atoms with E-state index in [1.165, 1.54) is 99.2 Å². The Balaban J connectivity index is 1.22. The molecule has 0 N–H and O–H groups in total. The fourth-order valence-electron chi connectivity index (χ4n) is 10.4. The van der Waals surface area contributed by atoms with Crippen molar-refractivity contribution in [3.63, 3.8) is 0 Å². The normalized spacial score (nSPS) is 14.9. The first-order valence-electron chi connectivity index (χ1n) is 19.4. The minimum atomic E-state index is -0.401. The van der Waals surface area contributed by atoms with Crippen LogP contribution in [-0.2, 0) is 10.8 Å². The average Bonchev–Trinajstić information content (AvgIpc) is 3.85. The molecule has 4 heteroatoms. The molecule has 8 aromatic rings. The van der Waals surface area contributed by atoms with Gasteiger partial charge in [0.05, 0.1) is 11.1 Å². The lowest BCUT2D eigenvalue weighted by molar-refractivity contribution is 0.590. The monoisotopic (exact) mass is 720 g/mol. The number of fused-ring (bicyclic) bond motifs is 15. The first kappa shape index (κ1) is 31.3. The fraction of sp³-hybridized carbons (Fsp3) is 0.0980. The number of thiophene rings is 1. The van der Waals surface area contributed by atoms with Gasteiger partial charge in [0.25, 0.3) is 6.71 Å². The van der Waals surface area contributed by atoms with Gasteiger partial charge in [-0.2, -0.15) is 0 Å². The van der Waals surface area contributed by atoms with Crippen molar-refractivity contribution >= 4 is 67.9 Å². The van der Waals surface area contributed by atoms with Crippen molar-refractivity contribution in [2.24, 2.45) is 0 Å². The largest absolute Gasteiger partial charge is 0.311 e. The summed E-state index contributed by atoms with van der Waals surface area (Å²) in [6, 6.07) is 64.0. The molecule has 55 heavy (non-hydrogen) atoms. The van der Waals surface area contributed by atoms with Crippen LogP contribution in [-0.4, -0.2) is 6.71 Å². The van der Waals surface area contributed by atoms with E-state index in [9.17, 15) is 0 Å². The lowest BCUT2D eigenvalue weighted by Gasteiger charge is -2.43. The molecule has 3 heterocycles. The smallest absolute Gasteiger partial charge is 0.264 e. The Morgan fingerprint density at radius 2 is 1.02 bits per heavy atom. The van der Waals surface area contributed by atoms with Crippen LogP contribution in [0.25, 0.3) is 22.3 Å². The van der Waals surface area contributed by atoms with Gasteiger partial charge in [-0.25, -0.2) is 0 Å². The van der Waals surface area contributed by atoms with Crippen LogP contribution in [0.1, 0.15) is 47.9 Å². The van der Waals surface area contributed by atoms with E-state index in [4.69, 9.17) is 0 Å². The highest BCUT2D eigenvalue weighted by Gasteiger charge is 2.56. The Bertz CT molecular complexity index is 2840. The van der Waals surface area contributed by atoms with E-state index in [0.717, 1.165) is 0 Å². The molecular formula is C51H37BN2S. The van der Waals surface area contributed by atoms with Crippen molar-refractivity contribution < 1.29 is 0 Å². The third kappa shape index (κ3) is 3.95. The summed E-state index contributed by atoms with van der Waals surface area (Å²) in [6.07, 6.45) is 0. The van der Waals surface area contributed by atoms with Crippen LogP contribution in [0.4, 0.5) is 34.1 Å². The van der Waals surface area contributed by atoms with Gasteiger partial charge in [0, 0.05) is 43.7 Å². The van der Waals surface area contributed by atoms with Crippen LogP contribution < -0.4 is 25.5 Å². The van der Waals surface area contributed by atoms with Gasteiger partial charge in [0.1, 0.15) is 0 Å². The molecule has 0 bridgehead atoms. The van der Waals surface area contributed by atoms with Crippen LogP contribution in [0.3, 0.4) is 0 Å². The van der Waals surface area contributed by atoms with Crippen LogP contribution in [0.15, 0.2) is 170 Å². The third-order valence-electron chi connectivity index (χ3n) is 12.6. The highest BCUT2D eigenvalue weighted by molar-refractivity contribution is 7.30. The van der Waals surface area contributed by atoms with Crippen molar-refractivity contribution in [2.45, 2.75) is 31.6 Å². The second-order valence-electron chi connectivity index (χ2n) is 16.4. The standard InChI is InChI=1S/C51H37BN2S/c1-50(2,3)32-28-30-34(31-29-32)54-44-27-15-26-43-46(44)52(41-24-13-14-25-42(41)53(43)33-16-5-4-6-17-33)49-47(54)45-37-20-9-12-23-40(37)51(48(45)55-49)38-21-10-7-18-35(38)36-19-8-11-22-39(36)51/h4-31H,1-3H3. The van der Waals surface area contributed by atoms with E-state index in [1.54, 1.807) is 0 Å². The Kier molecular flexibility index (Phi) is 6.25. The van der Waals surface area contributed by atoms with Crippen LogP contribution in [0.2, 0.25) is 0 Å². The number of nitrogens with zero attached hydrogens (tertiary/aromatic N) is 2. The molecular weight excluding hydrogens is 683 g/mol. The predicted octanol–water partition coefficient (Wildman–Crippen LogP) is 11.5. The lowest BCUT2D eigenvalue weighted by atomic mass is 9.36. The van der Waals surface area contributed by atoms with E-state index in [1.807, 2.05) is 11.3 Å². The molecule has 1 spiro atoms. The van der Waals surface area contributed by atoms with Gasteiger partial charge in [0.2, 0.25) is 0 Å². The first-order chi connectivity index (χ1) is 27.0. The zero-order chi connectivity index (χ0) is 36.6. The molecule has 0 saturated carbocycles. The summed E-state index contributed by atoms with van der Waals surface area (Å²) in [5, 5.41) is 0. The van der Waals surface area contributed by atoms with E-state index in [0.29, 0.717) is 0 Å². The predicted molar refractivity (Wildman–Crippen MR) is 233 cm³/mol. The van der Waals surface area contributed by atoms with Gasteiger partial charge in [-0.05, 0) is 97.7 Å². The summed E-state index contributed by atoms with van der Waals surface area (Å²) in [4.78, 5) is 6.54. The molecule has 0 amide bonds. The van der Waals surface area contributed by atoms with Crippen LogP contribution in [0.5, 0.6) is 0 Å². The molecule has 1 aromatic heterocycles. The van der Waals surface area contributed by atoms with E-state index in [2.05, 4.69) is 200 Å². The fourth-order valence-corrected chi connectivity index (χ4v) is 12.0. The number of para-hydroxylation sites is 2. The number of benzene rings is 7. The highest BCUT2D eigenvalue weighted by Crippen LogP contribution is 2.66. The maximum Gasteiger partial charge on any atom is 0.264 e. The second-order valence-corrected chi connectivity index (χ2v) is 17.5. The molecule has 0 radical (unpaired) electrons. The van der Waals surface area contributed by atoms with Crippen LogP contribution >= 0.6 is 11.3 Å². The molecule has 2 aliphatic heterocycles. The van der Waals surface area contributed by atoms with Gasteiger partial charge in [0.15, 0.2) is 0 Å². The Morgan fingerprint density at radius 1 is 0.491 bits per heavy atom. The maximum absolute atomic E-state index is 2.62. The Morgan fingerprint density at radius 3 is 1.69 bits per heavy atom. The summed E-state index contributed by atoms with van der Waals surface area (Å²) in [7, 11) is 0. The SMILES string of the molecule is CC(C)(C)c1ccc(N2c3cccc4c3B(c3ccccc3N4c3ccccc3)c3sc4c(c32)-c2ccccc2C42c3ccccc3-c3ccccc32)cc1. The maximum atomic E-state index is 2.62. The number of anilines is 6. The first-order valence-corrected chi connectivity index (χ1v) is 20.2. The topological polar surface area (TPSA) is 6.48 Å². The molecule has 0 saturated heterocycles. The molecule has 2 aliphatic carbocycles. The Hall–Kier alpha value is -6.10. The quantitative estimate of drug-likeness (QED) is 0.164. The van der Waals surface area contributed by atoms with Gasteiger partial charge >= 0.3 is 0 Å². The summed E-state index contributed by atoms with van der Waals surface area (Å²) in [5.74, 6) is 0. The van der Waals surface area contributed by atoms with Gasteiger partial charge in [-0.15, -0.1) is 11.3 Å². The van der Waals surface area contributed by atoms with Crippen molar-refractivity contribution in [3.05, 3.63) is 197 Å². The van der Waals surface area contributed by atoms with E-state index < -0.39 is 5.41 Å². The number of rotatable bonds is 2. The molecule has 260 valence electrons. The molecule has 0 fully saturated rings. The van der Waals surface area contributed by atoms with Crippen molar-refractivity contribution in [1.29, 1.82) is 0 Å². The van der Waals surface area contributed by atoms with E-state index in [-0.39, 0.29) is 12.1 Å². The van der Waals surface area contributed by atoms with Gasteiger partial charge in [-0.3, -0.25) is 0 Å². The molecule has 7 aromatic carbocycles. The molecule has 4 aliphatic rings. The summed E-state index contributed by atoms with van der Waals surface area (Å²) < 4.78 is 1.42. The molecule has 0 unspecified atom stereocenters. The van der Waals surface area contributed by atoms with E-state index >= 15 is 0 Å². The zero-order valence-electron chi connectivity index (χ0n) is 31.0.